The summed E-state index contributed by atoms with van der Waals surface area (Å²) in [5.74, 6) is -2.91. The van der Waals surface area contributed by atoms with E-state index in [9.17, 15) is 13.6 Å². The second kappa shape index (κ2) is 8.11. The van der Waals surface area contributed by atoms with Gasteiger partial charge in [0.1, 0.15) is 5.60 Å². The normalized spacial score (nSPS) is 13.8. The van der Waals surface area contributed by atoms with Crippen molar-refractivity contribution in [2.24, 2.45) is 0 Å². The number of alkyl halides is 2. The van der Waals surface area contributed by atoms with Crippen molar-refractivity contribution in [1.82, 2.24) is 5.32 Å². The molecular formula is C17H27F2NO2. The number of alkyl carbamates (subject to hydrolysis) is 1. The van der Waals surface area contributed by atoms with E-state index in [1.54, 1.807) is 34.6 Å². The molecule has 0 saturated carbocycles. The van der Waals surface area contributed by atoms with E-state index in [0.717, 1.165) is 6.92 Å². The molecule has 0 aromatic carbocycles. The molecule has 0 aliphatic carbocycles. The summed E-state index contributed by atoms with van der Waals surface area (Å²) >= 11 is 0. The number of hydrogen-bond acceptors (Lipinski definition) is 2. The first-order valence-electron chi connectivity index (χ1n) is 7.24. The summed E-state index contributed by atoms with van der Waals surface area (Å²) in [7, 11) is 0. The minimum absolute atomic E-state index is 0.0669. The zero-order valence-corrected chi connectivity index (χ0v) is 14.3. The molecule has 0 radical (unpaired) electrons. The predicted molar refractivity (Wildman–Crippen MR) is 86.1 cm³/mol. The average Bonchev–Trinajstić information content (AvgIpc) is 2.28. The van der Waals surface area contributed by atoms with Gasteiger partial charge < -0.3 is 10.1 Å². The number of carbonyl (C=O) groups is 1. The number of amides is 1. The van der Waals surface area contributed by atoms with Gasteiger partial charge in [-0.05, 0) is 52.7 Å². The van der Waals surface area contributed by atoms with E-state index < -0.39 is 17.6 Å². The van der Waals surface area contributed by atoms with Crippen LogP contribution in [0.5, 0.6) is 0 Å². The number of carbonyl (C=O) groups excluding carboxylic acids is 1. The van der Waals surface area contributed by atoms with Gasteiger partial charge in [0.25, 0.3) is 5.92 Å². The monoisotopic (exact) mass is 315 g/mol. The molecule has 0 fully saturated rings. The summed E-state index contributed by atoms with van der Waals surface area (Å²) in [6.45, 7) is 13.6. The number of ether oxygens (including phenoxy) is 1. The molecule has 0 rings (SSSR count). The van der Waals surface area contributed by atoms with Gasteiger partial charge in [0, 0.05) is 19.0 Å². The Balaban J connectivity index is 4.76. The van der Waals surface area contributed by atoms with Gasteiger partial charge in [0.05, 0.1) is 0 Å². The van der Waals surface area contributed by atoms with Crippen LogP contribution in [0.1, 0.15) is 48.0 Å². The topological polar surface area (TPSA) is 38.3 Å². The van der Waals surface area contributed by atoms with Crippen LogP contribution in [-0.4, -0.2) is 24.2 Å². The van der Waals surface area contributed by atoms with E-state index in [1.807, 2.05) is 0 Å². The second-order valence-electron chi connectivity index (χ2n) is 6.26. The van der Waals surface area contributed by atoms with Crippen LogP contribution in [0.2, 0.25) is 0 Å². The van der Waals surface area contributed by atoms with Crippen LogP contribution in [0.25, 0.3) is 0 Å². The van der Waals surface area contributed by atoms with Crippen molar-refractivity contribution in [3.8, 4) is 0 Å². The lowest BCUT2D eigenvalue weighted by Gasteiger charge is -2.20. The Labute approximate surface area is 132 Å². The van der Waals surface area contributed by atoms with Gasteiger partial charge in [0.2, 0.25) is 0 Å². The van der Waals surface area contributed by atoms with Crippen LogP contribution >= 0.6 is 0 Å². The van der Waals surface area contributed by atoms with Crippen molar-refractivity contribution in [2.75, 3.05) is 6.54 Å². The van der Waals surface area contributed by atoms with Gasteiger partial charge in [-0.3, -0.25) is 0 Å². The fraction of sp³-hybridized carbons (Fsp3) is 0.588. The highest BCUT2D eigenvalue weighted by molar-refractivity contribution is 5.67. The third-order valence-electron chi connectivity index (χ3n) is 2.76. The lowest BCUT2D eigenvalue weighted by molar-refractivity contribution is 0.0527. The number of halogens is 2. The molecule has 5 heteroatoms. The van der Waals surface area contributed by atoms with E-state index in [0.29, 0.717) is 24.1 Å². The van der Waals surface area contributed by atoms with Crippen molar-refractivity contribution >= 4 is 6.09 Å². The lowest BCUT2D eigenvalue weighted by Crippen LogP contribution is -2.33. The molecule has 0 unspecified atom stereocenters. The minimum atomic E-state index is -2.91. The van der Waals surface area contributed by atoms with Gasteiger partial charge in [-0.25, -0.2) is 13.6 Å². The Morgan fingerprint density at radius 2 is 1.82 bits per heavy atom. The van der Waals surface area contributed by atoms with Gasteiger partial charge >= 0.3 is 6.09 Å². The van der Waals surface area contributed by atoms with E-state index in [2.05, 4.69) is 11.9 Å². The molecule has 0 saturated heterocycles. The Bertz CT molecular complexity index is 466. The van der Waals surface area contributed by atoms with E-state index in [-0.39, 0.29) is 5.57 Å². The minimum Gasteiger partial charge on any atom is -0.444 e. The molecular weight excluding hydrogens is 288 g/mol. The third kappa shape index (κ3) is 8.60. The summed E-state index contributed by atoms with van der Waals surface area (Å²) in [4.78, 5) is 11.5. The molecule has 0 heterocycles. The maximum Gasteiger partial charge on any atom is 0.407 e. The fourth-order valence-electron chi connectivity index (χ4n) is 1.67. The van der Waals surface area contributed by atoms with Gasteiger partial charge in [0.15, 0.2) is 0 Å². The third-order valence-corrected chi connectivity index (χ3v) is 2.76. The number of hydrogen-bond donors (Lipinski definition) is 1. The Hall–Kier alpha value is -1.65. The number of rotatable bonds is 6. The van der Waals surface area contributed by atoms with E-state index in [1.165, 1.54) is 12.2 Å². The van der Waals surface area contributed by atoms with Crippen LogP contribution in [-0.2, 0) is 4.74 Å². The molecule has 0 bridgehead atoms. The predicted octanol–water partition coefficient (Wildman–Crippen LogP) is 5.01. The quantitative estimate of drug-likeness (QED) is 0.700. The van der Waals surface area contributed by atoms with Crippen LogP contribution in [0.15, 0.2) is 35.5 Å². The number of nitrogens with one attached hydrogen (secondary N) is 1. The molecule has 0 aromatic rings. The van der Waals surface area contributed by atoms with Gasteiger partial charge in [-0.2, -0.15) is 0 Å². The Kier molecular flexibility index (Phi) is 7.50. The summed E-state index contributed by atoms with van der Waals surface area (Å²) < 4.78 is 31.9. The van der Waals surface area contributed by atoms with E-state index >= 15 is 0 Å². The first kappa shape index (κ1) is 20.3. The molecule has 3 nitrogen and oxygen atoms in total. The Morgan fingerprint density at radius 1 is 1.27 bits per heavy atom. The average molecular weight is 315 g/mol. The maximum absolute atomic E-state index is 13.4. The molecule has 126 valence electrons. The van der Waals surface area contributed by atoms with Crippen LogP contribution in [0.4, 0.5) is 13.6 Å². The zero-order valence-electron chi connectivity index (χ0n) is 14.3. The molecule has 0 aromatic heterocycles. The number of allylic oxidation sites excluding steroid dienone is 4. The summed E-state index contributed by atoms with van der Waals surface area (Å²) in [5.41, 5.74) is 0.725. The highest BCUT2D eigenvalue weighted by Crippen LogP contribution is 2.27. The molecule has 22 heavy (non-hydrogen) atoms. The lowest BCUT2D eigenvalue weighted by atomic mass is 9.99. The molecule has 1 amide bonds. The second-order valence-corrected chi connectivity index (χ2v) is 6.26. The zero-order chi connectivity index (χ0) is 17.6. The summed E-state index contributed by atoms with van der Waals surface area (Å²) in [6, 6.07) is 0. The molecule has 0 spiro atoms. The smallest absolute Gasteiger partial charge is 0.407 e. The van der Waals surface area contributed by atoms with Crippen molar-refractivity contribution in [3.63, 3.8) is 0 Å². The largest absolute Gasteiger partial charge is 0.444 e. The van der Waals surface area contributed by atoms with Crippen LogP contribution in [0, 0.1) is 0 Å². The van der Waals surface area contributed by atoms with E-state index in [4.69, 9.17) is 4.74 Å². The maximum atomic E-state index is 13.4. The first-order chi connectivity index (χ1) is 9.86. The highest BCUT2D eigenvalue weighted by atomic mass is 19.3. The van der Waals surface area contributed by atoms with Gasteiger partial charge in [-0.1, -0.05) is 18.2 Å². The summed E-state index contributed by atoms with van der Waals surface area (Å²) in [5, 5.41) is 2.60. The standard InChI is InChI=1S/C17H27F2NO2/c1-8-14(17(7,18)19)11-13(12(2)3)9-10-20-15(21)22-16(4,5)6/h8,11H,2,9-10H2,1,3-7H3,(H,20,21)/b13-11-,14-8+. The SMILES string of the molecule is C=C(C)/C(=C\C(=C/C)C(C)(F)F)CCNC(=O)OC(C)(C)C. The van der Waals surface area contributed by atoms with Crippen LogP contribution < -0.4 is 5.32 Å². The molecule has 0 aliphatic rings. The highest BCUT2D eigenvalue weighted by Gasteiger charge is 2.25. The van der Waals surface area contributed by atoms with Gasteiger partial charge in [-0.15, -0.1) is 0 Å². The molecule has 1 N–H and O–H groups in total. The Morgan fingerprint density at radius 3 is 2.18 bits per heavy atom. The fourth-order valence-corrected chi connectivity index (χ4v) is 1.67. The molecule has 0 atom stereocenters. The van der Waals surface area contributed by atoms with Crippen molar-refractivity contribution in [2.45, 2.75) is 59.5 Å². The van der Waals surface area contributed by atoms with Crippen molar-refractivity contribution in [1.29, 1.82) is 0 Å². The van der Waals surface area contributed by atoms with Crippen LogP contribution in [0.3, 0.4) is 0 Å². The molecule has 0 aliphatic heterocycles. The summed E-state index contributed by atoms with van der Waals surface area (Å²) in [6.07, 6.45) is 2.69. The van der Waals surface area contributed by atoms with Crippen molar-refractivity contribution in [3.05, 3.63) is 35.5 Å². The van der Waals surface area contributed by atoms with Crippen molar-refractivity contribution < 1.29 is 18.3 Å². The first-order valence-corrected chi connectivity index (χ1v) is 7.24.